The minimum atomic E-state index is -1.83. The number of aryl methyl sites for hydroxylation is 1. The van der Waals surface area contributed by atoms with Crippen molar-refractivity contribution in [2.45, 2.75) is 44.0 Å². The van der Waals surface area contributed by atoms with E-state index in [2.05, 4.69) is 203 Å². The van der Waals surface area contributed by atoms with Gasteiger partial charge in [-0.15, -0.1) is 35.4 Å². The monoisotopic (exact) mass is 1030 g/mol. The van der Waals surface area contributed by atoms with Crippen molar-refractivity contribution in [2.75, 3.05) is 0 Å². The normalized spacial score (nSPS) is 11.5. The molecule has 0 unspecified atom stereocenters. The molecule has 6 aromatic carbocycles. The van der Waals surface area contributed by atoms with E-state index in [0.717, 1.165) is 61.4 Å². The van der Waals surface area contributed by atoms with Gasteiger partial charge in [-0.3, -0.25) is 4.98 Å². The molecule has 0 fully saturated rings. The number of para-hydroxylation sites is 3. The van der Waals surface area contributed by atoms with Crippen molar-refractivity contribution in [1.29, 1.82) is 0 Å². The Labute approximate surface area is 374 Å². The fourth-order valence-electron chi connectivity index (χ4n) is 7.69. The first-order chi connectivity index (χ1) is 29.1. The maximum Gasteiger partial charge on any atom is 0 e. The van der Waals surface area contributed by atoms with Crippen LogP contribution in [0.15, 0.2) is 168 Å². The van der Waals surface area contributed by atoms with E-state index in [1.54, 1.807) is 0 Å². The van der Waals surface area contributed by atoms with Crippen LogP contribution >= 0.6 is 0 Å². The molecule has 0 saturated carbocycles. The topological polar surface area (TPSA) is 56.7 Å². The molecular formula is C54H46GeIrN4O-2. The maximum atomic E-state index is 5.83. The van der Waals surface area contributed by atoms with E-state index in [0.29, 0.717) is 11.6 Å². The molecule has 0 amide bonds. The predicted molar refractivity (Wildman–Crippen MR) is 252 cm³/mol. The summed E-state index contributed by atoms with van der Waals surface area (Å²) in [6, 6.07) is 61.8. The smallest absolute Gasteiger partial charge is 0 e. The van der Waals surface area contributed by atoms with Crippen LogP contribution in [0.5, 0.6) is 0 Å². The van der Waals surface area contributed by atoms with Crippen LogP contribution in [-0.2, 0) is 20.1 Å². The molecule has 0 aliphatic rings. The van der Waals surface area contributed by atoms with E-state index in [1.807, 2.05) is 25.3 Å². The minimum absolute atomic E-state index is 0. The summed E-state index contributed by atoms with van der Waals surface area (Å²) in [5, 5.41) is 2.10. The third kappa shape index (κ3) is 8.54. The molecule has 303 valence electrons. The molecular weight excluding hydrogens is 985 g/mol. The van der Waals surface area contributed by atoms with E-state index in [-0.39, 0.29) is 20.1 Å². The Bertz CT molecular complexity index is 3040. The quantitative estimate of drug-likeness (QED) is 0.118. The van der Waals surface area contributed by atoms with Gasteiger partial charge in [0.25, 0.3) is 0 Å². The first-order valence-electron chi connectivity index (χ1n) is 20.5. The summed E-state index contributed by atoms with van der Waals surface area (Å²) in [4.78, 5) is 14.3. The molecule has 0 atom stereocenters. The number of hydrogen-bond acceptors (Lipinski definition) is 4. The van der Waals surface area contributed by atoms with Gasteiger partial charge in [0, 0.05) is 31.2 Å². The van der Waals surface area contributed by atoms with Crippen LogP contribution in [0.1, 0.15) is 31.0 Å². The number of aromatic nitrogens is 4. The van der Waals surface area contributed by atoms with Gasteiger partial charge in [-0.1, -0.05) is 111 Å². The number of benzene rings is 6. The molecule has 10 rings (SSSR count). The van der Waals surface area contributed by atoms with Crippen molar-refractivity contribution in [3.05, 3.63) is 187 Å². The van der Waals surface area contributed by atoms with Gasteiger partial charge < -0.3 is 4.57 Å². The van der Waals surface area contributed by atoms with E-state index in [1.165, 1.54) is 32.2 Å². The second-order valence-corrected chi connectivity index (χ2v) is 27.3. The molecule has 0 spiro atoms. The standard InChI is InChI=1S/C34H27N2.C20H19GeN2O.Ir/c1-24(2)25-20-22-28(23-21-25)34-35-31-18-9-10-19-32(31)36(34)33-29(26-12-5-3-6-13-26)16-11-17-30(33)27-14-7-4-8-15-27;1-13-5-8-16-17-11-14(6-10-19(17)24-20(16)23-13)18-9-7-15(12-22-18)21(2,3)4;/h3-22,24H,1-2H3;5,7-12H,1-4H3;/q2*-1;. The maximum absolute atomic E-state index is 5.83. The Kier molecular flexibility index (Phi) is 12.1. The van der Waals surface area contributed by atoms with Gasteiger partial charge in [-0.25, -0.2) is 0 Å². The Morgan fingerprint density at radius 2 is 1.31 bits per heavy atom. The van der Waals surface area contributed by atoms with Crippen LogP contribution in [0.2, 0.25) is 17.3 Å². The zero-order valence-corrected chi connectivity index (χ0v) is 39.7. The zero-order valence-electron chi connectivity index (χ0n) is 35.2. The number of nitrogens with zero attached hydrogens (tertiary/aromatic N) is 4. The number of fused-ring (bicyclic) bond motifs is 4. The molecule has 4 aromatic heterocycles. The molecule has 0 bridgehead atoms. The molecule has 0 saturated heterocycles. The molecule has 0 aliphatic carbocycles. The van der Waals surface area contributed by atoms with Crippen molar-refractivity contribution in [3.8, 4) is 50.6 Å². The molecule has 61 heavy (non-hydrogen) atoms. The van der Waals surface area contributed by atoms with E-state index in [4.69, 9.17) is 9.40 Å². The molecule has 5 nitrogen and oxygen atoms in total. The van der Waals surface area contributed by atoms with Gasteiger partial charge in [0.05, 0.1) is 22.5 Å². The Morgan fingerprint density at radius 3 is 1.93 bits per heavy atom. The summed E-state index contributed by atoms with van der Waals surface area (Å²) in [6.45, 7) is 6.38. The van der Waals surface area contributed by atoms with E-state index < -0.39 is 13.3 Å². The Morgan fingerprint density at radius 1 is 0.639 bits per heavy atom. The largest absolute Gasteiger partial charge is 0 e. The van der Waals surface area contributed by atoms with Gasteiger partial charge in [0.2, 0.25) is 0 Å². The summed E-state index contributed by atoms with van der Waals surface area (Å²) in [7, 11) is 0. The van der Waals surface area contributed by atoms with Gasteiger partial charge in [-0.2, -0.15) is 0 Å². The van der Waals surface area contributed by atoms with E-state index in [9.17, 15) is 0 Å². The van der Waals surface area contributed by atoms with Crippen LogP contribution < -0.4 is 4.40 Å². The van der Waals surface area contributed by atoms with Crippen LogP contribution in [0.4, 0.5) is 0 Å². The molecule has 1 radical (unpaired) electrons. The molecule has 7 heteroatoms. The van der Waals surface area contributed by atoms with Gasteiger partial charge in [0.15, 0.2) is 0 Å². The molecule has 10 aromatic rings. The first kappa shape index (κ1) is 41.8. The fraction of sp³-hybridized carbons (Fsp3) is 0.130. The van der Waals surface area contributed by atoms with Crippen LogP contribution in [0.3, 0.4) is 0 Å². The minimum Gasteiger partial charge on any atom is 0 e. The first-order valence-corrected chi connectivity index (χ1v) is 27.9. The third-order valence-electron chi connectivity index (χ3n) is 11.0. The zero-order chi connectivity index (χ0) is 41.4. The van der Waals surface area contributed by atoms with Crippen molar-refractivity contribution < 1.29 is 24.5 Å². The Balaban J connectivity index is 0.000000179. The van der Waals surface area contributed by atoms with Crippen molar-refractivity contribution >= 4 is 50.8 Å². The number of furan rings is 1. The summed E-state index contributed by atoms with van der Waals surface area (Å²) >= 11 is -1.83. The fourth-order valence-corrected chi connectivity index (χ4v) is 9.86. The van der Waals surface area contributed by atoms with Crippen LogP contribution in [-0.4, -0.2) is 32.8 Å². The second kappa shape index (κ2) is 17.6. The third-order valence-corrected chi connectivity index (χ3v) is 15.3. The van der Waals surface area contributed by atoms with E-state index >= 15 is 0 Å². The van der Waals surface area contributed by atoms with Crippen LogP contribution in [0.25, 0.3) is 83.7 Å². The van der Waals surface area contributed by atoms with Crippen LogP contribution in [0, 0.1) is 19.1 Å². The number of imidazole rings is 1. The average Bonchev–Trinajstić information content (AvgIpc) is 3.84. The summed E-state index contributed by atoms with van der Waals surface area (Å²) < 4.78 is 9.56. The van der Waals surface area contributed by atoms with Gasteiger partial charge >= 0.3 is 144 Å². The average molecular weight is 1030 g/mol. The molecule has 0 aliphatic heterocycles. The SMILES string of the molecule is CC(C)c1c[c-]c(-c2nc3ccccc3n2-c2c(-c3ccccc3)cccc2-c2ccccc2)cc1.Cc1ccc2c(n1)oc1c[c-]c(-c3cc[c]([Ge]([CH3])([CH3])[CH3])cn3)cc12.[Ir]. The number of rotatable bonds is 7. The number of hydrogen-bond donors (Lipinski definition) is 0. The predicted octanol–water partition coefficient (Wildman–Crippen LogP) is 13.6. The van der Waals surface area contributed by atoms with Gasteiger partial charge in [0.1, 0.15) is 0 Å². The summed E-state index contributed by atoms with van der Waals surface area (Å²) in [6.07, 6.45) is 2.03. The summed E-state index contributed by atoms with van der Waals surface area (Å²) in [5.41, 5.74) is 14.5. The van der Waals surface area contributed by atoms with Crippen molar-refractivity contribution in [1.82, 2.24) is 19.5 Å². The molecule has 0 N–H and O–H groups in total. The summed E-state index contributed by atoms with van der Waals surface area (Å²) in [5.74, 6) is 8.48. The van der Waals surface area contributed by atoms with Crippen molar-refractivity contribution in [2.24, 2.45) is 0 Å². The molecule has 4 heterocycles. The number of pyridine rings is 2. The van der Waals surface area contributed by atoms with Crippen molar-refractivity contribution in [3.63, 3.8) is 0 Å². The van der Waals surface area contributed by atoms with Gasteiger partial charge in [-0.05, 0) is 23.3 Å². The second-order valence-electron chi connectivity index (χ2n) is 16.6. The Hall–Kier alpha value is -5.92.